The summed E-state index contributed by atoms with van der Waals surface area (Å²) in [6, 6.07) is 13.4. The summed E-state index contributed by atoms with van der Waals surface area (Å²) in [6.07, 6.45) is 1.39. The predicted octanol–water partition coefficient (Wildman–Crippen LogP) is 3.84. The van der Waals surface area contributed by atoms with E-state index in [2.05, 4.69) is 15.9 Å². The molecule has 2 aromatic carbocycles. The Bertz CT molecular complexity index is 975. The van der Waals surface area contributed by atoms with Gasteiger partial charge >= 0.3 is 0 Å². The molecule has 22 heavy (non-hydrogen) atoms. The highest BCUT2D eigenvalue weighted by molar-refractivity contribution is 9.10. The lowest BCUT2D eigenvalue weighted by atomic mass is 10.1. The summed E-state index contributed by atoms with van der Waals surface area (Å²) in [4.78, 5) is 12.0. The minimum Gasteiger partial charge on any atom is -0.294 e. The molecule has 1 heterocycles. The maximum absolute atomic E-state index is 12.8. The van der Waals surface area contributed by atoms with E-state index in [0.717, 1.165) is 4.47 Å². The van der Waals surface area contributed by atoms with Crippen molar-refractivity contribution in [1.29, 1.82) is 0 Å². The number of hydrogen-bond donors (Lipinski definition) is 0. The van der Waals surface area contributed by atoms with Crippen molar-refractivity contribution in [2.75, 3.05) is 0 Å². The number of ketones is 1. The van der Waals surface area contributed by atoms with Gasteiger partial charge in [0, 0.05) is 21.6 Å². The van der Waals surface area contributed by atoms with Crippen molar-refractivity contribution < 1.29 is 13.2 Å². The van der Waals surface area contributed by atoms with Gasteiger partial charge in [0.25, 0.3) is 10.0 Å². The fourth-order valence-electron chi connectivity index (χ4n) is 2.36. The number of carbonyl (C=O) groups excluding carboxylic acids is 1. The monoisotopic (exact) mass is 377 g/mol. The predicted molar refractivity (Wildman–Crippen MR) is 88.7 cm³/mol. The smallest absolute Gasteiger partial charge is 0.268 e. The molecule has 0 saturated carbocycles. The fraction of sp³-hybridized carbons (Fsp3) is 0.0625. The summed E-state index contributed by atoms with van der Waals surface area (Å²) in [6.45, 7) is 1.43. The third kappa shape index (κ3) is 2.38. The van der Waals surface area contributed by atoms with E-state index in [0.29, 0.717) is 16.5 Å². The lowest BCUT2D eigenvalue weighted by Gasteiger charge is -2.07. The maximum Gasteiger partial charge on any atom is 0.268 e. The number of carbonyl (C=O) groups is 1. The molecule has 0 amide bonds. The van der Waals surface area contributed by atoms with Crippen LogP contribution in [0, 0.1) is 0 Å². The number of aromatic nitrogens is 1. The van der Waals surface area contributed by atoms with E-state index in [1.807, 2.05) is 0 Å². The number of nitrogens with zero attached hydrogens (tertiary/aromatic N) is 1. The van der Waals surface area contributed by atoms with Gasteiger partial charge in [-0.05, 0) is 31.2 Å². The average Bonchev–Trinajstić information content (AvgIpc) is 2.87. The van der Waals surface area contributed by atoms with E-state index >= 15 is 0 Å². The Hall–Kier alpha value is -1.92. The molecule has 0 aliphatic carbocycles. The molecule has 0 fully saturated rings. The molecule has 0 aliphatic rings. The lowest BCUT2D eigenvalue weighted by Crippen LogP contribution is -2.11. The van der Waals surface area contributed by atoms with Crippen LogP contribution in [0.3, 0.4) is 0 Å². The van der Waals surface area contributed by atoms with Crippen LogP contribution in [0.1, 0.15) is 17.3 Å². The van der Waals surface area contributed by atoms with Crippen LogP contribution < -0.4 is 0 Å². The molecule has 3 aromatic rings. The molecule has 0 radical (unpaired) electrons. The van der Waals surface area contributed by atoms with Gasteiger partial charge in [-0.3, -0.25) is 4.79 Å². The van der Waals surface area contributed by atoms with E-state index in [-0.39, 0.29) is 10.7 Å². The second-order valence-electron chi connectivity index (χ2n) is 4.87. The van der Waals surface area contributed by atoms with Crippen molar-refractivity contribution in [3.63, 3.8) is 0 Å². The van der Waals surface area contributed by atoms with Gasteiger partial charge in [-0.15, -0.1) is 0 Å². The number of benzene rings is 2. The van der Waals surface area contributed by atoms with Crippen LogP contribution in [0.5, 0.6) is 0 Å². The normalized spacial score (nSPS) is 11.7. The Morgan fingerprint density at radius 3 is 2.41 bits per heavy atom. The number of rotatable bonds is 3. The minimum atomic E-state index is -3.75. The summed E-state index contributed by atoms with van der Waals surface area (Å²) in [5, 5.41) is 0.621. The first kappa shape index (κ1) is 15.0. The van der Waals surface area contributed by atoms with E-state index in [1.165, 1.54) is 29.2 Å². The molecule has 4 nitrogen and oxygen atoms in total. The SMILES string of the molecule is CC(=O)c1cn(S(=O)(=O)c2ccccc2)c2cc(Br)ccc12. The van der Waals surface area contributed by atoms with E-state index < -0.39 is 10.0 Å². The van der Waals surface area contributed by atoms with Crippen LogP contribution in [0.25, 0.3) is 10.9 Å². The van der Waals surface area contributed by atoms with Crippen molar-refractivity contribution >= 4 is 42.6 Å². The van der Waals surface area contributed by atoms with Crippen LogP contribution in [0.15, 0.2) is 64.1 Å². The number of fused-ring (bicyclic) bond motifs is 1. The molecule has 112 valence electrons. The summed E-state index contributed by atoms with van der Waals surface area (Å²) in [7, 11) is -3.75. The molecule has 0 aliphatic heterocycles. The summed E-state index contributed by atoms with van der Waals surface area (Å²) >= 11 is 3.34. The van der Waals surface area contributed by atoms with Crippen LogP contribution in [-0.2, 0) is 10.0 Å². The molecule has 3 rings (SSSR count). The zero-order valence-corrected chi connectivity index (χ0v) is 14.1. The molecule has 6 heteroatoms. The zero-order valence-electron chi connectivity index (χ0n) is 11.7. The Labute approximate surface area is 136 Å². The van der Waals surface area contributed by atoms with Gasteiger partial charge in [0.05, 0.1) is 10.4 Å². The molecule has 0 spiro atoms. The average molecular weight is 378 g/mol. The van der Waals surface area contributed by atoms with Gasteiger partial charge in [0.15, 0.2) is 5.78 Å². The highest BCUT2D eigenvalue weighted by atomic mass is 79.9. The van der Waals surface area contributed by atoms with Gasteiger partial charge in [0.1, 0.15) is 0 Å². The van der Waals surface area contributed by atoms with E-state index in [9.17, 15) is 13.2 Å². The minimum absolute atomic E-state index is 0.172. The second-order valence-corrected chi connectivity index (χ2v) is 7.60. The summed E-state index contributed by atoms with van der Waals surface area (Å²) in [5.74, 6) is -0.172. The first-order chi connectivity index (χ1) is 10.4. The molecular weight excluding hydrogens is 366 g/mol. The zero-order chi connectivity index (χ0) is 15.9. The Morgan fingerprint density at radius 1 is 1.09 bits per heavy atom. The van der Waals surface area contributed by atoms with Crippen LogP contribution in [0.2, 0.25) is 0 Å². The Morgan fingerprint density at radius 2 is 1.77 bits per heavy atom. The molecule has 1 aromatic heterocycles. The second kappa shape index (κ2) is 5.37. The summed E-state index contributed by atoms with van der Waals surface area (Å²) < 4.78 is 27.6. The van der Waals surface area contributed by atoms with Gasteiger partial charge in [-0.1, -0.05) is 40.2 Å². The van der Waals surface area contributed by atoms with Gasteiger partial charge in [-0.2, -0.15) is 0 Å². The quantitative estimate of drug-likeness (QED) is 0.651. The standard InChI is InChI=1S/C16H12BrNO3S/c1-11(19)15-10-18(16-9-12(17)7-8-14(15)16)22(20,21)13-5-3-2-4-6-13/h2-10H,1H3. The molecule has 0 N–H and O–H groups in total. The van der Waals surface area contributed by atoms with Gasteiger partial charge < -0.3 is 0 Å². The summed E-state index contributed by atoms with van der Waals surface area (Å²) in [5.41, 5.74) is 0.866. The van der Waals surface area contributed by atoms with Crippen molar-refractivity contribution in [2.24, 2.45) is 0 Å². The highest BCUT2D eigenvalue weighted by Gasteiger charge is 2.22. The Kier molecular flexibility index (Phi) is 3.66. The van der Waals surface area contributed by atoms with Crippen LogP contribution in [-0.4, -0.2) is 18.2 Å². The molecule has 0 saturated heterocycles. The third-order valence-corrected chi connectivity index (χ3v) is 5.59. The lowest BCUT2D eigenvalue weighted by molar-refractivity contribution is 0.101. The molecule has 0 unspecified atom stereocenters. The maximum atomic E-state index is 12.8. The number of hydrogen-bond acceptors (Lipinski definition) is 3. The third-order valence-electron chi connectivity index (χ3n) is 3.41. The largest absolute Gasteiger partial charge is 0.294 e. The van der Waals surface area contributed by atoms with E-state index in [4.69, 9.17) is 0 Å². The molecule has 0 atom stereocenters. The number of halogens is 1. The van der Waals surface area contributed by atoms with Crippen LogP contribution >= 0.6 is 15.9 Å². The van der Waals surface area contributed by atoms with Crippen LogP contribution in [0.4, 0.5) is 0 Å². The topological polar surface area (TPSA) is 56.1 Å². The fourth-order valence-corrected chi connectivity index (χ4v) is 4.09. The first-order valence-corrected chi connectivity index (χ1v) is 8.77. The van der Waals surface area contributed by atoms with Crippen molar-refractivity contribution in [2.45, 2.75) is 11.8 Å². The highest BCUT2D eigenvalue weighted by Crippen LogP contribution is 2.28. The van der Waals surface area contributed by atoms with Crippen molar-refractivity contribution in [3.05, 3.63) is 64.8 Å². The van der Waals surface area contributed by atoms with Crippen molar-refractivity contribution in [3.8, 4) is 0 Å². The molecule has 0 bridgehead atoms. The van der Waals surface area contributed by atoms with Gasteiger partial charge in [-0.25, -0.2) is 12.4 Å². The first-order valence-electron chi connectivity index (χ1n) is 6.53. The molecular formula is C16H12BrNO3S. The Balaban J connectivity index is 2.36. The van der Waals surface area contributed by atoms with Crippen molar-refractivity contribution in [1.82, 2.24) is 3.97 Å². The number of Topliss-reactive ketones (excluding diaryl/α,β-unsaturated/α-hetero) is 1. The van der Waals surface area contributed by atoms with Gasteiger partial charge in [0.2, 0.25) is 0 Å². The van der Waals surface area contributed by atoms with E-state index in [1.54, 1.807) is 36.4 Å².